The molecular formula is C8H15N2O+. The zero-order valence-electron chi connectivity index (χ0n) is 7.00. The summed E-state index contributed by atoms with van der Waals surface area (Å²) >= 11 is 0. The van der Waals surface area contributed by atoms with Crippen LogP contribution in [0.4, 0.5) is 0 Å². The molecule has 0 fully saturated rings. The molecule has 0 saturated heterocycles. The van der Waals surface area contributed by atoms with Gasteiger partial charge in [0.1, 0.15) is 6.20 Å². The minimum atomic E-state index is 0.398. The lowest BCUT2D eigenvalue weighted by molar-refractivity contribution is -1.06. The molecule has 2 atom stereocenters. The second-order valence-corrected chi connectivity index (χ2v) is 2.51. The van der Waals surface area contributed by atoms with Gasteiger partial charge in [0.05, 0.1) is 13.7 Å². The van der Waals surface area contributed by atoms with Crippen LogP contribution < -0.4 is 10.4 Å². The number of hydroxylamine groups is 2. The van der Waals surface area contributed by atoms with Crippen LogP contribution in [0.25, 0.3) is 0 Å². The average molecular weight is 155 g/mol. The third kappa shape index (κ3) is 2.15. The first kappa shape index (κ1) is 8.46. The fourth-order valence-electron chi connectivity index (χ4n) is 1.18. The highest BCUT2D eigenvalue weighted by Gasteiger charge is 2.18. The quantitative estimate of drug-likeness (QED) is 0.552. The van der Waals surface area contributed by atoms with Crippen LogP contribution in [0.15, 0.2) is 24.4 Å². The Bertz CT molecular complexity index is 165. The predicted octanol–water partition coefficient (Wildman–Crippen LogP) is -0.896. The zero-order chi connectivity index (χ0) is 8.10. The summed E-state index contributed by atoms with van der Waals surface area (Å²) in [4.78, 5) is 5.19. The second-order valence-electron chi connectivity index (χ2n) is 2.51. The van der Waals surface area contributed by atoms with Crippen LogP contribution in [-0.2, 0) is 4.84 Å². The summed E-state index contributed by atoms with van der Waals surface area (Å²) in [5.74, 6) is 0. The highest BCUT2D eigenvalue weighted by Crippen LogP contribution is 1.87. The summed E-state index contributed by atoms with van der Waals surface area (Å²) in [6.07, 6.45) is 8.17. The first-order valence-corrected chi connectivity index (χ1v) is 3.78. The highest BCUT2D eigenvalue weighted by molar-refractivity contribution is 5.05. The van der Waals surface area contributed by atoms with E-state index in [1.807, 2.05) is 25.4 Å². The molecule has 0 aliphatic carbocycles. The molecule has 0 saturated carbocycles. The predicted molar refractivity (Wildman–Crippen MR) is 44.0 cm³/mol. The van der Waals surface area contributed by atoms with Gasteiger partial charge < -0.3 is 5.32 Å². The molecule has 1 heterocycles. The van der Waals surface area contributed by atoms with Gasteiger partial charge in [-0.2, -0.15) is 5.06 Å². The van der Waals surface area contributed by atoms with Crippen molar-refractivity contribution < 1.29 is 9.90 Å². The molecule has 0 radical (unpaired) electrons. The molecule has 1 aliphatic heterocycles. The van der Waals surface area contributed by atoms with Gasteiger partial charge in [0.2, 0.25) is 0 Å². The number of allylic oxidation sites excluding steroid dienone is 2. The van der Waals surface area contributed by atoms with Gasteiger partial charge >= 0.3 is 0 Å². The van der Waals surface area contributed by atoms with E-state index >= 15 is 0 Å². The number of quaternary nitrogens is 1. The largest absolute Gasteiger partial charge is 0.314 e. The molecule has 62 valence electrons. The van der Waals surface area contributed by atoms with Crippen LogP contribution >= 0.6 is 0 Å². The standard InChI is InChI=1S/C8H14N2O/c1-9-7-8-5-3-4-6-10(8)11-2/h3-6,8-9H,7H2,1-2H3/p+1. The van der Waals surface area contributed by atoms with Crippen molar-refractivity contribution in [3.05, 3.63) is 24.4 Å². The van der Waals surface area contributed by atoms with E-state index in [1.165, 1.54) is 0 Å². The fourth-order valence-corrected chi connectivity index (χ4v) is 1.18. The topological polar surface area (TPSA) is 25.7 Å². The zero-order valence-corrected chi connectivity index (χ0v) is 7.00. The number of nitrogens with one attached hydrogen (secondary N) is 2. The van der Waals surface area contributed by atoms with Crippen molar-refractivity contribution in [1.82, 2.24) is 5.32 Å². The van der Waals surface area contributed by atoms with Crippen LogP contribution in [-0.4, -0.2) is 26.7 Å². The monoisotopic (exact) mass is 155 g/mol. The van der Waals surface area contributed by atoms with E-state index in [0.717, 1.165) is 11.6 Å². The Balaban J connectivity index is 2.48. The average Bonchev–Trinajstić information content (AvgIpc) is 2.06. The smallest absolute Gasteiger partial charge is 0.153 e. The molecule has 0 aromatic carbocycles. The molecule has 1 rings (SSSR count). The van der Waals surface area contributed by atoms with Crippen molar-refractivity contribution in [3.63, 3.8) is 0 Å². The minimum Gasteiger partial charge on any atom is -0.314 e. The number of likely N-dealkylation sites (N-methyl/N-ethyl adjacent to an activating group) is 1. The Hall–Kier alpha value is -0.640. The summed E-state index contributed by atoms with van der Waals surface area (Å²) in [5.41, 5.74) is 0. The van der Waals surface area contributed by atoms with Crippen LogP contribution in [0, 0.1) is 0 Å². The van der Waals surface area contributed by atoms with Gasteiger partial charge in [0.25, 0.3) is 0 Å². The Morgan fingerprint density at radius 1 is 1.55 bits per heavy atom. The lowest BCUT2D eigenvalue weighted by Gasteiger charge is -2.20. The maximum Gasteiger partial charge on any atom is 0.153 e. The molecule has 2 unspecified atom stereocenters. The lowest BCUT2D eigenvalue weighted by Crippen LogP contribution is -3.11. The molecular weight excluding hydrogens is 140 g/mol. The Labute approximate surface area is 67.3 Å². The first-order chi connectivity index (χ1) is 5.38. The summed E-state index contributed by atoms with van der Waals surface area (Å²) in [7, 11) is 3.65. The second kappa shape index (κ2) is 4.28. The first-order valence-electron chi connectivity index (χ1n) is 3.78. The SMILES string of the molecule is CNCC1C=CC=C[NH+]1OC. The van der Waals surface area contributed by atoms with Gasteiger partial charge in [-0.3, -0.25) is 0 Å². The van der Waals surface area contributed by atoms with Crippen LogP contribution in [0.1, 0.15) is 0 Å². The van der Waals surface area contributed by atoms with Crippen molar-refractivity contribution in [2.75, 3.05) is 20.7 Å². The Morgan fingerprint density at radius 2 is 2.36 bits per heavy atom. The molecule has 3 heteroatoms. The lowest BCUT2D eigenvalue weighted by atomic mass is 10.2. The molecule has 1 aliphatic rings. The van der Waals surface area contributed by atoms with Crippen molar-refractivity contribution in [3.8, 4) is 0 Å². The van der Waals surface area contributed by atoms with Crippen LogP contribution in [0.5, 0.6) is 0 Å². The number of hydrogen-bond donors (Lipinski definition) is 2. The van der Waals surface area contributed by atoms with Crippen LogP contribution in [0.3, 0.4) is 0 Å². The molecule has 0 aromatic rings. The van der Waals surface area contributed by atoms with Crippen molar-refractivity contribution in [2.45, 2.75) is 6.04 Å². The van der Waals surface area contributed by atoms with Crippen molar-refractivity contribution in [1.29, 1.82) is 0 Å². The van der Waals surface area contributed by atoms with E-state index in [9.17, 15) is 0 Å². The van der Waals surface area contributed by atoms with Gasteiger partial charge in [-0.15, -0.1) is 0 Å². The highest BCUT2D eigenvalue weighted by atomic mass is 16.7. The summed E-state index contributed by atoms with van der Waals surface area (Å²) < 4.78 is 0. The molecule has 0 amide bonds. The van der Waals surface area contributed by atoms with E-state index in [-0.39, 0.29) is 0 Å². The summed E-state index contributed by atoms with van der Waals surface area (Å²) in [6.45, 7) is 0.935. The van der Waals surface area contributed by atoms with Crippen LogP contribution in [0.2, 0.25) is 0 Å². The molecule has 3 nitrogen and oxygen atoms in total. The third-order valence-electron chi connectivity index (χ3n) is 1.74. The maximum atomic E-state index is 5.19. The third-order valence-corrected chi connectivity index (χ3v) is 1.74. The van der Waals surface area contributed by atoms with Gasteiger partial charge in [-0.05, 0) is 19.2 Å². The molecule has 0 bridgehead atoms. The summed E-state index contributed by atoms with van der Waals surface area (Å²) in [5, 5.41) is 4.15. The molecule has 2 N–H and O–H groups in total. The van der Waals surface area contributed by atoms with E-state index in [4.69, 9.17) is 4.84 Å². The fraction of sp³-hybridized carbons (Fsp3) is 0.500. The molecule has 0 spiro atoms. The van der Waals surface area contributed by atoms with Gasteiger partial charge in [-0.25, -0.2) is 4.84 Å². The van der Waals surface area contributed by atoms with E-state index in [1.54, 1.807) is 7.11 Å². The normalized spacial score (nSPS) is 29.3. The maximum absolute atomic E-state index is 5.19. The van der Waals surface area contributed by atoms with Gasteiger partial charge in [-0.1, -0.05) is 6.08 Å². The Kier molecular flexibility index (Phi) is 3.29. The van der Waals surface area contributed by atoms with E-state index in [0.29, 0.717) is 6.04 Å². The molecule has 0 aromatic heterocycles. The van der Waals surface area contributed by atoms with Crippen molar-refractivity contribution >= 4 is 0 Å². The molecule has 11 heavy (non-hydrogen) atoms. The number of rotatable bonds is 3. The van der Waals surface area contributed by atoms with Gasteiger partial charge in [0.15, 0.2) is 6.04 Å². The van der Waals surface area contributed by atoms with Crippen molar-refractivity contribution in [2.24, 2.45) is 0 Å². The minimum absolute atomic E-state index is 0.398. The number of hydrogen-bond acceptors (Lipinski definition) is 2. The van der Waals surface area contributed by atoms with E-state index in [2.05, 4.69) is 11.4 Å². The summed E-state index contributed by atoms with van der Waals surface area (Å²) in [6, 6.07) is 0.398. The van der Waals surface area contributed by atoms with Gasteiger partial charge in [0, 0.05) is 0 Å². The van der Waals surface area contributed by atoms with E-state index < -0.39 is 0 Å². The Morgan fingerprint density at radius 3 is 3.00 bits per heavy atom.